The highest BCUT2D eigenvalue weighted by atomic mass is 35.5. The largest absolute Gasteiger partial charge is 0.352 e. The van der Waals surface area contributed by atoms with Gasteiger partial charge in [-0.2, -0.15) is 0 Å². The van der Waals surface area contributed by atoms with Gasteiger partial charge >= 0.3 is 0 Å². The van der Waals surface area contributed by atoms with Crippen molar-refractivity contribution >= 4 is 50.7 Å². The lowest BCUT2D eigenvalue weighted by Gasteiger charge is -2.33. The average Bonchev–Trinajstić information content (AvgIpc) is 2.94. The molecule has 0 aromatic heterocycles. The molecule has 1 N–H and O–H groups in total. The van der Waals surface area contributed by atoms with Crippen LogP contribution in [-0.4, -0.2) is 43.8 Å². The average molecular weight is 609 g/mol. The summed E-state index contributed by atoms with van der Waals surface area (Å²) in [6.07, 6.45) is 0.966. The molecule has 0 saturated carbocycles. The first-order valence-corrected chi connectivity index (χ1v) is 15.0. The van der Waals surface area contributed by atoms with E-state index in [4.69, 9.17) is 23.2 Å². The van der Waals surface area contributed by atoms with Gasteiger partial charge in [0.1, 0.15) is 18.4 Å². The molecule has 40 heavy (non-hydrogen) atoms. The lowest BCUT2D eigenvalue weighted by atomic mass is 10.1. The van der Waals surface area contributed by atoms with Gasteiger partial charge in [-0.25, -0.2) is 12.8 Å². The van der Waals surface area contributed by atoms with E-state index in [1.807, 2.05) is 13.8 Å². The van der Waals surface area contributed by atoms with Gasteiger partial charge < -0.3 is 10.2 Å². The minimum absolute atomic E-state index is 0.0230. The van der Waals surface area contributed by atoms with Gasteiger partial charge in [0, 0.05) is 12.6 Å². The third-order valence-electron chi connectivity index (χ3n) is 6.45. The number of rotatable bonds is 12. The van der Waals surface area contributed by atoms with Crippen LogP contribution in [0.2, 0.25) is 10.0 Å². The molecule has 0 bridgehead atoms. The number of hydrogen-bond donors (Lipinski definition) is 1. The third kappa shape index (κ3) is 7.74. The maximum Gasteiger partial charge on any atom is 0.264 e. The van der Waals surface area contributed by atoms with E-state index in [9.17, 15) is 22.4 Å². The predicted octanol–water partition coefficient (Wildman–Crippen LogP) is 6.05. The van der Waals surface area contributed by atoms with Crippen molar-refractivity contribution in [1.82, 2.24) is 10.2 Å². The van der Waals surface area contributed by atoms with Gasteiger partial charge in [0.2, 0.25) is 11.8 Å². The van der Waals surface area contributed by atoms with Gasteiger partial charge in [0.15, 0.2) is 0 Å². The Morgan fingerprint density at radius 1 is 0.925 bits per heavy atom. The van der Waals surface area contributed by atoms with E-state index in [1.54, 1.807) is 43.3 Å². The highest BCUT2D eigenvalue weighted by Gasteiger charge is 2.34. The first-order chi connectivity index (χ1) is 19.0. The summed E-state index contributed by atoms with van der Waals surface area (Å²) < 4.78 is 42.1. The van der Waals surface area contributed by atoms with Crippen LogP contribution in [0.15, 0.2) is 77.7 Å². The Balaban J connectivity index is 2.06. The molecule has 0 fully saturated rings. The summed E-state index contributed by atoms with van der Waals surface area (Å²) in [7, 11) is -4.23. The standard InChI is InChI=1S/C29H32Cl2FN3O4S/c1-4-20(3)33-29(37)27(5-2)34(18-21-11-16-25(30)26(31)17-21)28(36)19-35(23-14-12-22(32)13-15-23)40(38,39)24-9-7-6-8-10-24/h6-17,20,27H,4-5,18-19H2,1-3H3,(H,33,37)/t20-,27+/m0/s1. The van der Waals surface area contributed by atoms with Crippen molar-refractivity contribution in [3.63, 3.8) is 0 Å². The molecule has 7 nitrogen and oxygen atoms in total. The number of carbonyl (C=O) groups is 2. The Morgan fingerprint density at radius 3 is 2.15 bits per heavy atom. The molecule has 11 heteroatoms. The number of sulfonamides is 1. The molecule has 2 atom stereocenters. The summed E-state index contributed by atoms with van der Waals surface area (Å²) in [5.41, 5.74) is 0.710. The van der Waals surface area contributed by atoms with Gasteiger partial charge in [-0.15, -0.1) is 0 Å². The first-order valence-electron chi connectivity index (χ1n) is 12.8. The second-order valence-electron chi connectivity index (χ2n) is 9.31. The van der Waals surface area contributed by atoms with Crippen molar-refractivity contribution < 1.29 is 22.4 Å². The zero-order chi connectivity index (χ0) is 29.4. The molecule has 3 aromatic carbocycles. The molecular formula is C29H32Cl2FN3O4S. The Bertz CT molecular complexity index is 1420. The van der Waals surface area contributed by atoms with Crippen LogP contribution in [0.1, 0.15) is 39.2 Å². The van der Waals surface area contributed by atoms with Crippen LogP contribution >= 0.6 is 23.2 Å². The SMILES string of the molecule is CC[C@H](C(=O)N[C@@H](C)CC)N(Cc1ccc(Cl)c(Cl)c1)C(=O)CN(c1ccc(F)cc1)S(=O)(=O)c1ccccc1. The number of anilines is 1. The van der Waals surface area contributed by atoms with Gasteiger partial charge in [0.25, 0.3) is 10.0 Å². The van der Waals surface area contributed by atoms with Crippen LogP contribution in [0, 0.1) is 5.82 Å². The maximum atomic E-state index is 14.0. The van der Waals surface area contributed by atoms with Gasteiger partial charge in [0.05, 0.1) is 20.6 Å². The molecule has 2 amide bonds. The lowest BCUT2D eigenvalue weighted by molar-refractivity contribution is -0.140. The number of carbonyl (C=O) groups excluding carboxylic acids is 2. The molecular weight excluding hydrogens is 576 g/mol. The molecule has 214 valence electrons. The molecule has 0 spiro atoms. The fourth-order valence-electron chi connectivity index (χ4n) is 4.05. The molecule has 0 radical (unpaired) electrons. The normalized spacial score (nSPS) is 12.8. The van der Waals surface area contributed by atoms with Gasteiger partial charge in [-0.05, 0) is 73.9 Å². The second-order valence-corrected chi connectivity index (χ2v) is 12.0. The highest BCUT2D eigenvalue weighted by molar-refractivity contribution is 7.92. The molecule has 0 heterocycles. The quantitative estimate of drug-likeness (QED) is 0.271. The first kappa shape index (κ1) is 31.4. The van der Waals surface area contributed by atoms with Crippen molar-refractivity contribution in [2.45, 2.75) is 57.1 Å². The summed E-state index contributed by atoms with van der Waals surface area (Å²) in [5.74, 6) is -1.54. The van der Waals surface area contributed by atoms with E-state index in [0.717, 1.165) is 16.4 Å². The monoisotopic (exact) mass is 607 g/mol. The van der Waals surface area contributed by atoms with Crippen LogP contribution in [0.3, 0.4) is 0 Å². The molecule has 0 aliphatic heterocycles. The van der Waals surface area contributed by atoms with Crippen LogP contribution in [-0.2, 0) is 26.2 Å². The van der Waals surface area contributed by atoms with Crippen molar-refractivity contribution in [3.8, 4) is 0 Å². The molecule has 0 aliphatic rings. The summed E-state index contributed by atoms with van der Waals surface area (Å²) in [5, 5.41) is 3.53. The molecule has 3 rings (SSSR count). The van der Waals surface area contributed by atoms with Crippen LogP contribution < -0.4 is 9.62 Å². The summed E-state index contributed by atoms with van der Waals surface area (Å²) in [6, 6.07) is 16.3. The topological polar surface area (TPSA) is 86.8 Å². The Labute approximate surface area is 244 Å². The van der Waals surface area contributed by atoms with Crippen molar-refractivity contribution in [1.29, 1.82) is 0 Å². The lowest BCUT2D eigenvalue weighted by Crippen LogP contribution is -2.53. The molecule has 3 aromatic rings. The number of amides is 2. The van der Waals surface area contributed by atoms with Gasteiger partial charge in [-0.3, -0.25) is 13.9 Å². The van der Waals surface area contributed by atoms with Crippen molar-refractivity contribution in [2.24, 2.45) is 0 Å². The Hall–Kier alpha value is -3.14. The summed E-state index contributed by atoms with van der Waals surface area (Å²) in [4.78, 5) is 28.6. The van der Waals surface area contributed by atoms with Crippen LogP contribution in [0.5, 0.6) is 0 Å². The molecule has 0 saturated heterocycles. The van der Waals surface area contributed by atoms with E-state index in [-0.39, 0.29) is 40.5 Å². The van der Waals surface area contributed by atoms with Crippen molar-refractivity contribution in [3.05, 3.63) is 94.2 Å². The predicted molar refractivity (Wildman–Crippen MR) is 156 cm³/mol. The van der Waals surface area contributed by atoms with Crippen LogP contribution in [0.4, 0.5) is 10.1 Å². The maximum absolute atomic E-state index is 14.0. The van der Waals surface area contributed by atoms with Crippen molar-refractivity contribution in [2.75, 3.05) is 10.8 Å². The number of halogens is 3. The minimum atomic E-state index is -4.23. The Morgan fingerprint density at radius 2 is 1.57 bits per heavy atom. The van der Waals surface area contributed by atoms with E-state index in [1.165, 1.54) is 29.2 Å². The zero-order valence-electron chi connectivity index (χ0n) is 22.5. The number of nitrogens with zero attached hydrogens (tertiary/aromatic N) is 2. The second kappa shape index (κ2) is 14.0. The van der Waals surface area contributed by atoms with Gasteiger partial charge in [-0.1, -0.05) is 61.3 Å². The van der Waals surface area contributed by atoms with E-state index < -0.39 is 34.3 Å². The molecule has 0 aliphatic carbocycles. The number of benzene rings is 3. The minimum Gasteiger partial charge on any atom is -0.352 e. The van der Waals surface area contributed by atoms with E-state index in [2.05, 4.69) is 5.32 Å². The smallest absolute Gasteiger partial charge is 0.264 e. The fraction of sp³-hybridized carbons (Fsp3) is 0.310. The summed E-state index contributed by atoms with van der Waals surface area (Å²) >= 11 is 12.3. The fourth-order valence-corrected chi connectivity index (χ4v) is 5.81. The number of nitrogens with one attached hydrogen (secondary N) is 1. The highest BCUT2D eigenvalue weighted by Crippen LogP contribution is 2.27. The molecule has 0 unspecified atom stereocenters. The van der Waals surface area contributed by atoms with Crippen LogP contribution in [0.25, 0.3) is 0 Å². The zero-order valence-corrected chi connectivity index (χ0v) is 24.8. The number of hydrogen-bond acceptors (Lipinski definition) is 4. The van der Waals surface area contributed by atoms with E-state index >= 15 is 0 Å². The summed E-state index contributed by atoms with van der Waals surface area (Å²) in [6.45, 7) is 4.91. The van der Waals surface area contributed by atoms with E-state index in [0.29, 0.717) is 17.0 Å². The Kier molecular flexibility index (Phi) is 11.0. The third-order valence-corrected chi connectivity index (χ3v) is 8.98.